The number of nitriles is 1. The Kier molecular flexibility index (Phi) is 6.67. The van der Waals surface area contributed by atoms with E-state index in [9.17, 15) is 10.1 Å². The number of rotatable bonds is 8. The lowest BCUT2D eigenvalue weighted by atomic mass is 10.1. The highest BCUT2D eigenvalue weighted by Gasteiger charge is 2.17. The number of ether oxygens (including phenoxy) is 4. The summed E-state index contributed by atoms with van der Waals surface area (Å²) in [4.78, 5) is 12.7. The zero-order valence-corrected chi connectivity index (χ0v) is 17.6. The first-order valence-electron chi connectivity index (χ1n) is 9.30. The van der Waals surface area contributed by atoms with Crippen LogP contribution in [0.15, 0.2) is 46.9 Å². The van der Waals surface area contributed by atoms with Gasteiger partial charge < -0.3 is 28.7 Å². The number of hydrogen-bond donors (Lipinski definition) is 1. The normalized spacial score (nSPS) is 10.2. The maximum absolute atomic E-state index is 12.7. The second-order valence-corrected chi connectivity index (χ2v) is 6.44. The van der Waals surface area contributed by atoms with Crippen molar-refractivity contribution < 1.29 is 28.2 Å². The highest BCUT2D eigenvalue weighted by atomic mass is 16.5. The molecular weight excluding hydrogens is 400 g/mol. The number of benzene rings is 2. The molecule has 0 bridgehead atoms. The Balaban J connectivity index is 1.81. The van der Waals surface area contributed by atoms with E-state index in [0.29, 0.717) is 35.2 Å². The number of nitrogens with one attached hydrogen (secondary N) is 1. The molecule has 1 N–H and O–H groups in total. The van der Waals surface area contributed by atoms with Crippen LogP contribution in [0, 0.1) is 11.3 Å². The van der Waals surface area contributed by atoms with E-state index in [4.69, 9.17) is 23.4 Å². The van der Waals surface area contributed by atoms with Crippen molar-refractivity contribution in [3.8, 4) is 29.1 Å². The molecule has 0 aliphatic heterocycles. The Bertz CT molecular complexity index is 1130. The smallest absolute Gasteiger partial charge is 0.291 e. The summed E-state index contributed by atoms with van der Waals surface area (Å²) in [5.74, 6) is 2.35. The first-order chi connectivity index (χ1) is 15.0. The summed E-state index contributed by atoms with van der Waals surface area (Å²) in [7, 11) is 6.12. The Hall–Kier alpha value is -4.12. The van der Waals surface area contributed by atoms with Gasteiger partial charge in [-0.3, -0.25) is 4.79 Å². The molecule has 0 atom stereocenters. The average Bonchev–Trinajstić information content (AvgIpc) is 3.27. The monoisotopic (exact) mass is 422 g/mol. The number of anilines is 1. The molecule has 0 aliphatic rings. The molecule has 3 rings (SSSR count). The number of furan rings is 1. The highest BCUT2D eigenvalue weighted by Crippen LogP contribution is 2.33. The molecule has 0 radical (unpaired) electrons. The predicted molar refractivity (Wildman–Crippen MR) is 113 cm³/mol. The molecule has 8 nitrogen and oxygen atoms in total. The first kappa shape index (κ1) is 21.6. The van der Waals surface area contributed by atoms with E-state index in [0.717, 1.165) is 5.56 Å². The first-order valence-corrected chi connectivity index (χ1v) is 9.30. The summed E-state index contributed by atoms with van der Waals surface area (Å²) in [6.45, 7) is 0. The van der Waals surface area contributed by atoms with Crippen LogP contribution in [-0.2, 0) is 6.42 Å². The van der Waals surface area contributed by atoms with Gasteiger partial charge in [-0.05, 0) is 30.3 Å². The summed E-state index contributed by atoms with van der Waals surface area (Å²) in [5.41, 5.74) is 1.38. The van der Waals surface area contributed by atoms with Crippen molar-refractivity contribution in [1.29, 1.82) is 5.26 Å². The van der Waals surface area contributed by atoms with E-state index in [1.807, 2.05) is 18.2 Å². The fourth-order valence-corrected chi connectivity index (χ4v) is 3.06. The van der Waals surface area contributed by atoms with Crippen LogP contribution in [0.5, 0.6) is 23.0 Å². The largest absolute Gasteiger partial charge is 0.497 e. The minimum Gasteiger partial charge on any atom is -0.497 e. The van der Waals surface area contributed by atoms with Gasteiger partial charge in [-0.1, -0.05) is 0 Å². The Labute approximate surface area is 179 Å². The van der Waals surface area contributed by atoms with Crippen molar-refractivity contribution in [3.05, 3.63) is 65.1 Å². The van der Waals surface area contributed by atoms with Gasteiger partial charge in [0.25, 0.3) is 5.91 Å². The van der Waals surface area contributed by atoms with Crippen molar-refractivity contribution >= 4 is 11.6 Å². The Morgan fingerprint density at radius 1 is 0.935 bits per heavy atom. The van der Waals surface area contributed by atoms with E-state index in [2.05, 4.69) is 5.32 Å². The maximum atomic E-state index is 12.7. The van der Waals surface area contributed by atoms with Crippen LogP contribution < -0.4 is 24.3 Å². The summed E-state index contributed by atoms with van der Waals surface area (Å²) < 4.78 is 26.8. The molecule has 8 heteroatoms. The topological polar surface area (TPSA) is 103 Å². The molecule has 0 aliphatic carbocycles. The molecule has 160 valence electrons. The van der Waals surface area contributed by atoms with Crippen LogP contribution in [0.25, 0.3) is 0 Å². The van der Waals surface area contributed by atoms with Crippen LogP contribution >= 0.6 is 0 Å². The molecule has 0 saturated carbocycles. The number of nitrogens with zero attached hydrogens (tertiary/aromatic N) is 1. The average molecular weight is 422 g/mol. The van der Waals surface area contributed by atoms with Crippen LogP contribution in [0.3, 0.4) is 0 Å². The zero-order valence-electron chi connectivity index (χ0n) is 17.6. The second kappa shape index (κ2) is 9.59. The minimum absolute atomic E-state index is 0.107. The van der Waals surface area contributed by atoms with Crippen molar-refractivity contribution in [2.75, 3.05) is 33.8 Å². The molecule has 0 fully saturated rings. The lowest BCUT2D eigenvalue weighted by Crippen LogP contribution is -2.12. The van der Waals surface area contributed by atoms with Crippen molar-refractivity contribution in [3.63, 3.8) is 0 Å². The van der Waals surface area contributed by atoms with E-state index in [1.165, 1.54) is 26.4 Å². The van der Waals surface area contributed by atoms with Crippen LogP contribution in [0.4, 0.5) is 5.69 Å². The number of methoxy groups -OCH3 is 4. The molecule has 1 amide bonds. The molecule has 1 heterocycles. The predicted octanol–water partition coefficient (Wildman–Crippen LogP) is 4.03. The summed E-state index contributed by atoms with van der Waals surface area (Å²) in [5, 5.41) is 12.1. The lowest BCUT2D eigenvalue weighted by molar-refractivity contribution is 0.0995. The van der Waals surface area contributed by atoms with Crippen molar-refractivity contribution in [2.24, 2.45) is 0 Å². The molecule has 0 saturated heterocycles. The number of carbonyl (C=O) groups is 1. The van der Waals surface area contributed by atoms with Gasteiger partial charge >= 0.3 is 0 Å². The van der Waals surface area contributed by atoms with E-state index >= 15 is 0 Å². The van der Waals surface area contributed by atoms with Gasteiger partial charge in [-0.2, -0.15) is 5.26 Å². The van der Waals surface area contributed by atoms with Gasteiger partial charge in [-0.15, -0.1) is 0 Å². The standard InChI is InChI=1S/C23H22N2O6/c1-27-16-5-7-19(28-2)14(9-16)10-17-6-8-20(31-17)23(26)25-18-12-22(30-4)21(29-3)11-15(18)13-24/h5-9,11-12H,10H2,1-4H3,(H,25,26). The quantitative estimate of drug-likeness (QED) is 0.585. The van der Waals surface area contributed by atoms with Crippen LogP contribution in [-0.4, -0.2) is 34.3 Å². The summed E-state index contributed by atoms with van der Waals surface area (Å²) >= 11 is 0. The fraction of sp³-hybridized carbons (Fsp3) is 0.217. The van der Waals surface area contributed by atoms with Gasteiger partial charge in [0.1, 0.15) is 23.3 Å². The van der Waals surface area contributed by atoms with Crippen LogP contribution in [0.2, 0.25) is 0 Å². The van der Waals surface area contributed by atoms with Crippen LogP contribution in [0.1, 0.15) is 27.4 Å². The minimum atomic E-state index is -0.493. The van der Waals surface area contributed by atoms with E-state index in [1.54, 1.807) is 32.4 Å². The summed E-state index contributed by atoms with van der Waals surface area (Å²) in [6, 6.07) is 13.8. The Morgan fingerprint density at radius 3 is 2.29 bits per heavy atom. The number of hydrogen-bond acceptors (Lipinski definition) is 7. The van der Waals surface area contributed by atoms with Gasteiger partial charge in [0.2, 0.25) is 0 Å². The molecule has 31 heavy (non-hydrogen) atoms. The maximum Gasteiger partial charge on any atom is 0.291 e. The van der Waals surface area contributed by atoms with Gasteiger partial charge in [0, 0.05) is 24.1 Å². The number of amides is 1. The molecule has 0 spiro atoms. The molecule has 1 aromatic heterocycles. The number of carbonyl (C=O) groups excluding carboxylic acids is 1. The molecular formula is C23H22N2O6. The zero-order chi connectivity index (χ0) is 22.4. The third kappa shape index (κ3) is 4.73. The SMILES string of the molecule is COc1ccc(OC)c(Cc2ccc(C(=O)Nc3cc(OC)c(OC)cc3C#N)o2)c1. The fourth-order valence-electron chi connectivity index (χ4n) is 3.06. The second-order valence-electron chi connectivity index (χ2n) is 6.44. The van der Waals surface area contributed by atoms with Gasteiger partial charge in [0.05, 0.1) is 39.7 Å². The Morgan fingerprint density at radius 2 is 1.65 bits per heavy atom. The van der Waals surface area contributed by atoms with E-state index in [-0.39, 0.29) is 17.0 Å². The highest BCUT2D eigenvalue weighted by molar-refractivity contribution is 6.03. The third-order valence-electron chi connectivity index (χ3n) is 4.63. The van der Waals surface area contributed by atoms with Crippen molar-refractivity contribution in [2.45, 2.75) is 6.42 Å². The van der Waals surface area contributed by atoms with E-state index < -0.39 is 5.91 Å². The van der Waals surface area contributed by atoms with Crippen molar-refractivity contribution in [1.82, 2.24) is 0 Å². The third-order valence-corrected chi connectivity index (χ3v) is 4.63. The molecule has 3 aromatic rings. The molecule has 2 aromatic carbocycles. The molecule has 0 unspecified atom stereocenters. The lowest BCUT2D eigenvalue weighted by Gasteiger charge is -2.12. The summed E-state index contributed by atoms with van der Waals surface area (Å²) in [6.07, 6.45) is 0.410. The van der Waals surface area contributed by atoms with Gasteiger partial charge in [0.15, 0.2) is 17.3 Å². The van der Waals surface area contributed by atoms with Gasteiger partial charge in [-0.25, -0.2) is 0 Å².